The van der Waals surface area contributed by atoms with E-state index >= 15 is 0 Å². The van der Waals surface area contributed by atoms with Gasteiger partial charge in [0.05, 0.1) is 23.3 Å². The normalized spacial score (nSPS) is 11.4. The average molecular weight is 388 g/mol. The molecular weight excluding hydrogens is 371 g/mol. The SMILES string of the molecule is CCS(=O)(=O)Nc1cccc(-c2cc(=O)n(-c3ccc(F)nc3)nc2C)c1. The summed E-state index contributed by atoms with van der Waals surface area (Å²) in [7, 11) is -3.41. The van der Waals surface area contributed by atoms with Crippen LogP contribution in [0.25, 0.3) is 16.8 Å². The number of nitrogens with one attached hydrogen (secondary N) is 1. The highest BCUT2D eigenvalue weighted by molar-refractivity contribution is 7.92. The summed E-state index contributed by atoms with van der Waals surface area (Å²) in [5, 5.41) is 4.27. The number of aryl methyl sites for hydroxylation is 1. The summed E-state index contributed by atoms with van der Waals surface area (Å²) < 4.78 is 40.1. The van der Waals surface area contributed by atoms with Crippen LogP contribution >= 0.6 is 0 Å². The van der Waals surface area contributed by atoms with Crippen molar-refractivity contribution in [1.29, 1.82) is 0 Å². The Morgan fingerprint density at radius 3 is 2.63 bits per heavy atom. The summed E-state index contributed by atoms with van der Waals surface area (Å²) in [4.78, 5) is 16.0. The fourth-order valence-electron chi connectivity index (χ4n) is 2.51. The Bertz CT molecular complexity index is 1140. The molecule has 140 valence electrons. The molecule has 0 spiro atoms. The molecule has 3 aromatic rings. The lowest BCUT2D eigenvalue weighted by atomic mass is 10.0. The lowest BCUT2D eigenvalue weighted by Gasteiger charge is -2.11. The molecule has 2 heterocycles. The topological polar surface area (TPSA) is 94.0 Å². The van der Waals surface area contributed by atoms with Gasteiger partial charge in [-0.3, -0.25) is 9.52 Å². The molecule has 1 N–H and O–H groups in total. The molecule has 7 nitrogen and oxygen atoms in total. The maximum atomic E-state index is 13.0. The zero-order valence-corrected chi connectivity index (χ0v) is 15.5. The quantitative estimate of drug-likeness (QED) is 0.678. The number of aromatic nitrogens is 3. The standard InChI is InChI=1S/C18H17FN4O3S/c1-3-27(25,26)22-14-6-4-5-13(9-14)16-10-18(24)23(21-12(16)2)15-7-8-17(19)20-11-15/h4-11,22H,3H2,1-2H3. The molecule has 0 atom stereocenters. The van der Waals surface area contributed by atoms with E-state index < -0.39 is 21.5 Å². The zero-order chi connectivity index (χ0) is 19.6. The van der Waals surface area contributed by atoms with Crippen molar-refractivity contribution in [3.8, 4) is 16.8 Å². The summed E-state index contributed by atoms with van der Waals surface area (Å²) in [6.07, 6.45) is 1.23. The van der Waals surface area contributed by atoms with Crippen LogP contribution in [-0.2, 0) is 10.0 Å². The number of hydrogen-bond acceptors (Lipinski definition) is 5. The molecule has 0 amide bonds. The van der Waals surface area contributed by atoms with Gasteiger partial charge in [0.1, 0.15) is 0 Å². The number of rotatable bonds is 5. The van der Waals surface area contributed by atoms with Gasteiger partial charge in [-0.05, 0) is 43.7 Å². The van der Waals surface area contributed by atoms with E-state index in [0.717, 1.165) is 10.7 Å². The molecule has 27 heavy (non-hydrogen) atoms. The van der Waals surface area contributed by atoms with Crippen molar-refractivity contribution in [2.24, 2.45) is 0 Å². The predicted molar refractivity (Wildman–Crippen MR) is 101 cm³/mol. The number of benzene rings is 1. The predicted octanol–water partition coefficient (Wildman–Crippen LogP) is 2.50. The minimum atomic E-state index is -3.41. The number of anilines is 1. The van der Waals surface area contributed by atoms with Gasteiger partial charge in [0.15, 0.2) is 0 Å². The molecule has 0 aliphatic carbocycles. The molecule has 1 aromatic carbocycles. The maximum absolute atomic E-state index is 13.0. The number of nitrogens with zero attached hydrogens (tertiary/aromatic N) is 3. The summed E-state index contributed by atoms with van der Waals surface area (Å²) in [6, 6.07) is 10.7. The van der Waals surface area contributed by atoms with Crippen molar-refractivity contribution in [2.75, 3.05) is 10.5 Å². The van der Waals surface area contributed by atoms with E-state index in [2.05, 4.69) is 14.8 Å². The molecule has 0 radical (unpaired) electrons. The number of halogens is 1. The number of hydrogen-bond donors (Lipinski definition) is 1. The van der Waals surface area contributed by atoms with Gasteiger partial charge in [-0.15, -0.1) is 0 Å². The smallest absolute Gasteiger partial charge is 0.272 e. The van der Waals surface area contributed by atoms with Gasteiger partial charge < -0.3 is 0 Å². The summed E-state index contributed by atoms with van der Waals surface area (Å²) in [5.74, 6) is -0.689. The summed E-state index contributed by atoms with van der Waals surface area (Å²) in [6.45, 7) is 3.27. The van der Waals surface area contributed by atoms with Crippen LogP contribution < -0.4 is 10.3 Å². The van der Waals surface area contributed by atoms with E-state index in [0.29, 0.717) is 28.2 Å². The van der Waals surface area contributed by atoms with Gasteiger partial charge in [-0.1, -0.05) is 12.1 Å². The highest BCUT2D eigenvalue weighted by Crippen LogP contribution is 2.24. The van der Waals surface area contributed by atoms with E-state index in [-0.39, 0.29) is 5.75 Å². The minimum absolute atomic E-state index is 0.0421. The van der Waals surface area contributed by atoms with Crippen LogP contribution in [0.3, 0.4) is 0 Å². The Morgan fingerprint density at radius 1 is 1.19 bits per heavy atom. The molecule has 0 aliphatic rings. The van der Waals surface area contributed by atoms with E-state index in [4.69, 9.17) is 0 Å². The first-order valence-electron chi connectivity index (χ1n) is 8.13. The third-order valence-electron chi connectivity index (χ3n) is 3.90. The van der Waals surface area contributed by atoms with Crippen molar-refractivity contribution in [2.45, 2.75) is 13.8 Å². The number of pyridine rings is 1. The minimum Gasteiger partial charge on any atom is -0.284 e. The lowest BCUT2D eigenvalue weighted by molar-refractivity contribution is 0.582. The molecule has 0 fully saturated rings. The molecule has 2 aromatic heterocycles. The van der Waals surface area contributed by atoms with Gasteiger partial charge in [-0.2, -0.15) is 14.2 Å². The second-order valence-corrected chi connectivity index (χ2v) is 7.83. The Labute approximate surface area is 155 Å². The van der Waals surface area contributed by atoms with Crippen molar-refractivity contribution >= 4 is 15.7 Å². The van der Waals surface area contributed by atoms with Gasteiger partial charge in [0.25, 0.3) is 5.56 Å². The van der Waals surface area contributed by atoms with E-state index in [1.165, 1.54) is 18.3 Å². The highest BCUT2D eigenvalue weighted by Gasteiger charge is 2.12. The van der Waals surface area contributed by atoms with Gasteiger partial charge >= 0.3 is 0 Å². The monoisotopic (exact) mass is 388 g/mol. The first kappa shape index (κ1) is 18.7. The molecule has 3 rings (SSSR count). The fraction of sp³-hybridized carbons (Fsp3) is 0.167. The van der Waals surface area contributed by atoms with Gasteiger partial charge in [0.2, 0.25) is 16.0 Å². The van der Waals surface area contributed by atoms with Crippen LogP contribution in [0.1, 0.15) is 12.6 Å². The first-order valence-corrected chi connectivity index (χ1v) is 9.78. The molecule has 0 aliphatic heterocycles. The molecule has 0 saturated heterocycles. The van der Waals surface area contributed by atoms with Gasteiger partial charge in [0, 0.05) is 17.3 Å². The third kappa shape index (κ3) is 4.20. The number of sulfonamides is 1. The van der Waals surface area contributed by atoms with E-state index in [1.807, 2.05) is 0 Å². The van der Waals surface area contributed by atoms with Crippen molar-refractivity contribution < 1.29 is 12.8 Å². The van der Waals surface area contributed by atoms with Crippen molar-refractivity contribution in [1.82, 2.24) is 14.8 Å². The Hall–Kier alpha value is -3.07. The van der Waals surface area contributed by atoms with Crippen LogP contribution in [0.4, 0.5) is 10.1 Å². The molecule has 0 saturated carbocycles. The van der Waals surface area contributed by atoms with Crippen molar-refractivity contribution in [3.05, 3.63) is 70.7 Å². The largest absolute Gasteiger partial charge is 0.284 e. The zero-order valence-electron chi connectivity index (χ0n) is 14.7. The van der Waals surface area contributed by atoms with E-state index in [9.17, 15) is 17.6 Å². The second-order valence-electron chi connectivity index (χ2n) is 5.82. The van der Waals surface area contributed by atoms with Crippen LogP contribution in [0, 0.1) is 12.9 Å². The Balaban J connectivity index is 2.02. The van der Waals surface area contributed by atoms with Crippen LogP contribution in [0.5, 0.6) is 0 Å². The molecule has 9 heteroatoms. The third-order valence-corrected chi connectivity index (χ3v) is 5.21. The Kier molecular flexibility index (Phi) is 5.04. The first-order chi connectivity index (χ1) is 12.8. The average Bonchev–Trinajstić information content (AvgIpc) is 2.64. The van der Waals surface area contributed by atoms with Crippen molar-refractivity contribution in [3.63, 3.8) is 0 Å². The second kappa shape index (κ2) is 7.28. The fourth-order valence-corrected chi connectivity index (χ4v) is 3.15. The Morgan fingerprint density at radius 2 is 1.96 bits per heavy atom. The van der Waals surface area contributed by atoms with Gasteiger partial charge in [-0.25, -0.2) is 13.4 Å². The molecule has 0 unspecified atom stereocenters. The van der Waals surface area contributed by atoms with Crippen LogP contribution in [0.15, 0.2) is 53.5 Å². The van der Waals surface area contributed by atoms with Crippen LogP contribution in [0.2, 0.25) is 0 Å². The van der Waals surface area contributed by atoms with Crippen LogP contribution in [-0.4, -0.2) is 28.9 Å². The molecule has 0 bridgehead atoms. The lowest BCUT2D eigenvalue weighted by Crippen LogP contribution is -2.22. The van der Waals surface area contributed by atoms with E-state index in [1.54, 1.807) is 38.1 Å². The summed E-state index contributed by atoms with van der Waals surface area (Å²) >= 11 is 0. The summed E-state index contributed by atoms with van der Waals surface area (Å²) in [5.41, 5.74) is 2.11. The highest BCUT2D eigenvalue weighted by atomic mass is 32.2. The maximum Gasteiger partial charge on any atom is 0.272 e. The molecular formula is C18H17FN4O3S.